The van der Waals surface area contributed by atoms with Crippen molar-refractivity contribution in [2.75, 3.05) is 13.2 Å². The highest BCUT2D eigenvalue weighted by Crippen LogP contribution is 2.19. The van der Waals surface area contributed by atoms with Gasteiger partial charge in [-0.1, -0.05) is 19.1 Å². The van der Waals surface area contributed by atoms with Crippen LogP contribution < -0.4 is 5.32 Å². The lowest BCUT2D eigenvalue weighted by Crippen LogP contribution is -2.37. The Hall–Kier alpha value is -0.830. The van der Waals surface area contributed by atoms with Crippen LogP contribution in [0.2, 0.25) is 0 Å². The monoisotopic (exact) mass is 183 g/mol. The maximum absolute atomic E-state index is 11.5. The van der Waals surface area contributed by atoms with Gasteiger partial charge in [0.05, 0.1) is 0 Å². The van der Waals surface area contributed by atoms with Gasteiger partial charge in [0.25, 0.3) is 0 Å². The average Bonchev–Trinajstić information content (AvgIpc) is 2.47. The van der Waals surface area contributed by atoms with Gasteiger partial charge in [-0.15, -0.1) is 0 Å². The van der Waals surface area contributed by atoms with Crippen molar-refractivity contribution in [1.82, 2.24) is 5.32 Å². The summed E-state index contributed by atoms with van der Waals surface area (Å²) < 4.78 is 5.32. The lowest BCUT2D eigenvalue weighted by atomic mass is 10.0. The van der Waals surface area contributed by atoms with E-state index in [-0.39, 0.29) is 12.0 Å². The standard InChI is InChI=1S/C10H17NO2/c1-7(2)6-11-10(12)9-8(3)4-5-13-9/h8-9H,1,4-6H2,2-3H3,(H,11,12)/t8-,9+/m1/s1. The van der Waals surface area contributed by atoms with Crippen LogP contribution in [-0.4, -0.2) is 25.2 Å². The van der Waals surface area contributed by atoms with E-state index >= 15 is 0 Å². The molecule has 0 bridgehead atoms. The summed E-state index contributed by atoms with van der Waals surface area (Å²) in [6.45, 7) is 8.89. The van der Waals surface area contributed by atoms with Crippen LogP contribution in [0.15, 0.2) is 12.2 Å². The van der Waals surface area contributed by atoms with Gasteiger partial charge in [0, 0.05) is 13.2 Å². The molecule has 1 aliphatic heterocycles. The predicted molar refractivity (Wildman–Crippen MR) is 51.3 cm³/mol. The van der Waals surface area contributed by atoms with E-state index in [1.165, 1.54) is 0 Å². The number of hydrogen-bond donors (Lipinski definition) is 1. The highest BCUT2D eigenvalue weighted by molar-refractivity contribution is 5.81. The SMILES string of the molecule is C=C(C)CNC(=O)[C@H]1OCC[C@H]1C. The Morgan fingerprint density at radius 2 is 2.38 bits per heavy atom. The van der Waals surface area contributed by atoms with E-state index in [0.29, 0.717) is 19.1 Å². The zero-order valence-corrected chi connectivity index (χ0v) is 8.30. The summed E-state index contributed by atoms with van der Waals surface area (Å²) in [5.41, 5.74) is 0.957. The first-order valence-corrected chi connectivity index (χ1v) is 4.65. The van der Waals surface area contributed by atoms with Gasteiger partial charge in [-0.05, 0) is 19.3 Å². The summed E-state index contributed by atoms with van der Waals surface area (Å²) in [4.78, 5) is 11.5. The molecule has 1 heterocycles. The fraction of sp³-hybridized carbons (Fsp3) is 0.700. The van der Waals surface area contributed by atoms with Gasteiger partial charge in [-0.3, -0.25) is 4.79 Å². The molecule has 0 aromatic heterocycles. The summed E-state index contributed by atoms with van der Waals surface area (Å²) in [5, 5.41) is 2.79. The van der Waals surface area contributed by atoms with Crippen LogP contribution >= 0.6 is 0 Å². The Morgan fingerprint density at radius 3 is 2.85 bits per heavy atom. The van der Waals surface area contributed by atoms with Crippen molar-refractivity contribution >= 4 is 5.91 Å². The molecule has 0 spiro atoms. The fourth-order valence-corrected chi connectivity index (χ4v) is 1.37. The number of rotatable bonds is 3. The average molecular weight is 183 g/mol. The molecule has 0 unspecified atom stereocenters. The first-order valence-electron chi connectivity index (χ1n) is 4.65. The van der Waals surface area contributed by atoms with Gasteiger partial charge in [0.2, 0.25) is 5.91 Å². The topological polar surface area (TPSA) is 38.3 Å². The summed E-state index contributed by atoms with van der Waals surface area (Å²) in [6.07, 6.45) is 0.727. The molecule has 74 valence electrons. The summed E-state index contributed by atoms with van der Waals surface area (Å²) in [7, 11) is 0. The van der Waals surface area contributed by atoms with Crippen LogP contribution in [0, 0.1) is 5.92 Å². The molecular formula is C10H17NO2. The van der Waals surface area contributed by atoms with Crippen molar-refractivity contribution < 1.29 is 9.53 Å². The van der Waals surface area contributed by atoms with E-state index in [9.17, 15) is 4.79 Å². The van der Waals surface area contributed by atoms with Crippen LogP contribution in [0.1, 0.15) is 20.3 Å². The van der Waals surface area contributed by atoms with Crippen molar-refractivity contribution in [2.24, 2.45) is 5.92 Å². The van der Waals surface area contributed by atoms with Gasteiger partial charge in [0.1, 0.15) is 6.10 Å². The van der Waals surface area contributed by atoms with Crippen molar-refractivity contribution in [1.29, 1.82) is 0 Å². The van der Waals surface area contributed by atoms with Crippen LogP contribution in [-0.2, 0) is 9.53 Å². The third-order valence-electron chi connectivity index (χ3n) is 2.21. The Labute approximate surface area is 79.2 Å². The Kier molecular flexibility index (Phi) is 3.48. The van der Waals surface area contributed by atoms with Crippen LogP contribution in [0.25, 0.3) is 0 Å². The normalized spacial score (nSPS) is 27.2. The van der Waals surface area contributed by atoms with E-state index in [4.69, 9.17) is 4.74 Å². The van der Waals surface area contributed by atoms with E-state index < -0.39 is 0 Å². The van der Waals surface area contributed by atoms with Crippen molar-refractivity contribution in [3.8, 4) is 0 Å². The fourth-order valence-electron chi connectivity index (χ4n) is 1.37. The maximum atomic E-state index is 11.5. The summed E-state index contributed by atoms with van der Waals surface area (Å²) >= 11 is 0. The van der Waals surface area contributed by atoms with Crippen molar-refractivity contribution in [2.45, 2.75) is 26.4 Å². The molecule has 1 saturated heterocycles. The molecule has 13 heavy (non-hydrogen) atoms. The number of nitrogens with one attached hydrogen (secondary N) is 1. The number of ether oxygens (including phenoxy) is 1. The van der Waals surface area contributed by atoms with Crippen LogP contribution in [0.3, 0.4) is 0 Å². The second-order valence-electron chi connectivity index (χ2n) is 3.73. The molecule has 1 N–H and O–H groups in total. The molecule has 3 heteroatoms. The predicted octanol–water partition coefficient (Wildman–Crippen LogP) is 1.10. The number of carbonyl (C=O) groups excluding carboxylic acids is 1. The number of carbonyl (C=O) groups is 1. The highest BCUT2D eigenvalue weighted by atomic mass is 16.5. The largest absolute Gasteiger partial charge is 0.368 e. The van der Waals surface area contributed by atoms with Gasteiger partial charge in [0.15, 0.2) is 0 Å². The molecule has 1 aliphatic rings. The minimum atomic E-state index is -0.251. The molecule has 1 rings (SSSR count). The Bertz CT molecular complexity index is 213. The lowest BCUT2D eigenvalue weighted by molar-refractivity contribution is -0.131. The minimum absolute atomic E-state index is 0.00648. The van der Waals surface area contributed by atoms with Crippen molar-refractivity contribution in [3.05, 3.63) is 12.2 Å². The third kappa shape index (κ3) is 2.84. The van der Waals surface area contributed by atoms with E-state index in [2.05, 4.69) is 11.9 Å². The Morgan fingerprint density at radius 1 is 1.69 bits per heavy atom. The Balaban J connectivity index is 2.34. The quantitative estimate of drug-likeness (QED) is 0.665. The molecule has 2 atom stereocenters. The second-order valence-corrected chi connectivity index (χ2v) is 3.73. The first kappa shape index (κ1) is 10.3. The third-order valence-corrected chi connectivity index (χ3v) is 2.21. The molecular weight excluding hydrogens is 166 g/mol. The highest BCUT2D eigenvalue weighted by Gasteiger charge is 2.30. The van der Waals surface area contributed by atoms with Gasteiger partial charge < -0.3 is 10.1 Å². The van der Waals surface area contributed by atoms with Gasteiger partial charge in [-0.2, -0.15) is 0 Å². The molecule has 0 saturated carbocycles. The van der Waals surface area contributed by atoms with E-state index in [1.807, 2.05) is 13.8 Å². The molecule has 0 aromatic carbocycles. The maximum Gasteiger partial charge on any atom is 0.249 e. The zero-order valence-electron chi connectivity index (χ0n) is 8.30. The molecule has 0 aromatic rings. The number of hydrogen-bond acceptors (Lipinski definition) is 2. The minimum Gasteiger partial charge on any atom is -0.368 e. The molecule has 0 aliphatic carbocycles. The first-order chi connectivity index (χ1) is 6.11. The van der Waals surface area contributed by atoms with Gasteiger partial charge >= 0.3 is 0 Å². The van der Waals surface area contributed by atoms with Crippen molar-refractivity contribution in [3.63, 3.8) is 0 Å². The molecule has 1 amide bonds. The molecule has 1 fully saturated rings. The summed E-state index contributed by atoms with van der Waals surface area (Å²) in [5.74, 6) is 0.332. The van der Waals surface area contributed by atoms with E-state index in [0.717, 1.165) is 12.0 Å². The zero-order chi connectivity index (χ0) is 9.84. The van der Waals surface area contributed by atoms with Gasteiger partial charge in [-0.25, -0.2) is 0 Å². The summed E-state index contributed by atoms with van der Waals surface area (Å²) in [6, 6.07) is 0. The number of amides is 1. The smallest absolute Gasteiger partial charge is 0.249 e. The molecule has 0 radical (unpaired) electrons. The van der Waals surface area contributed by atoms with Crippen LogP contribution in [0.4, 0.5) is 0 Å². The van der Waals surface area contributed by atoms with E-state index in [1.54, 1.807) is 0 Å². The lowest BCUT2D eigenvalue weighted by Gasteiger charge is -2.14. The molecule has 3 nitrogen and oxygen atoms in total. The van der Waals surface area contributed by atoms with Crippen LogP contribution in [0.5, 0.6) is 0 Å². The second kappa shape index (κ2) is 4.42.